The van der Waals surface area contributed by atoms with Crippen LogP contribution in [0.1, 0.15) is 39.7 Å². The van der Waals surface area contributed by atoms with Crippen molar-refractivity contribution < 1.29 is 10.2 Å². The minimum absolute atomic E-state index is 0.0410. The maximum Gasteiger partial charge on any atom is 0.307 e. The van der Waals surface area contributed by atoms with Gasteiger partial charge in [-0.05, 0) is 47.4 Å². The van der Waals surface area contributed by atoms with Gasteiger partial charge in [0, 0.05) is 6.42 Å². The maximum absolute atomic E-state index is 11.3. The summed E-state index contributed by atoms with van der Waals surface area (Å²) in [6, 6.07) is 16.4. The molecule has 2 unspecified atom stereocenters. The quantitative estimate of drug-likeness (QED) is 0.660. The molecular formula is C21H21NO3S. The third-order valence-electron chi connectivity index (χ3n) is 5.16. The van der Waals surface area contributed by atoms with E-state index in [4.69, 9.17) is 0 Å². The Labute approximate surface area is 155 Å². The molecule has 3 aromatic rings. The highest BCUT2D eigenvalue weighted by Crippen LogP contribution is 2.37. The monoisotopic (exact) mass is 367 g/mol. The molecule has 0 fully saturated rings. The van der Waals surface area contributed by atoms with Gasteiger partial charge in [0.2, 0.25) is 5.88 Å². The molecule has 0 amide bonds. The highest BCUT2D eigenvalue weighted by Gasteiger charge is 2.28. The zero-order valence-electron chi connectivity index (χ0n) is 14.3. The second kappa shape index (κ2) is 7.09. The SMILES string of the molecule is O=c1[nH]c(O)c(Cc2ccc3c(c2)CCC(Cc2ccccc2)C3O)s1. The van der Waals surface area contributed by atoms with E-state index in [1.54, 1.807) is 0 Å². The summed E-state index contributed by atoms with van der Waals surface area (Å²) in [5.74, 6) is 0.190. The number of hydrogen-bond donors (Lipinski definition) is 3. The van der Waals surface area contributed by atoms with Gasteiger partial charge in [-0.25, -0.2) is 0 Å². The van der Waals surface area contributed by atoms with Gasteiger partial charge in [-0.15, -0.1) is 0 Å². The first-order chi connectivity index (χ1) is 12.6. The number of aromatic nitrogens is 1. The molecule has 1 aromatic heterocycles. The molecule has 0 aliphatic heterocycles. The average molecular weight is 367 g/mol. The van der Waals surface area contributed by atoms with Crippen LogP contribution in [0.5, 0.6) is 5.88 Å². The average Bonchev–Trinajstić information content (AvgIpc) is 2.95. The number of nitrogens with one attached hydrogen (secondary N) is 1. The highest BCUT2D eigenvalue weighted by molar-refractivity contribution is 7.09. The molecule has 0 saturated carbocycles. The second-order valence-electron chi connectivity index (χ2n) is 6.93. The van der Waals surface area contributed by atoms with Crippen LogP contribution in [0.15, 0.2) is 53.3 Å². The molecule has 1 heterocycles. The minimum atomic E-state index is -0.454. The number of hydrogen-bond acceptors (Lipinski definition) is 4. The highest BCUT2D eigenvalue weighted by atomic mass is 32.1. The van der Waals surface area contributed by atoms with Crippen LogP contribution in [0, 0.1) is 5.92 Å². The summed E-state index contributed by atoms with van der Waals surface area (Å²) in [7, 11) is 0. The van der Waals surface area contributed by atoms with Crippen LogP contribution >= 0.6 is 11.3 Å². The van der Waals surface area contributed by atoms with Crippen molar-refractivity contribution in [1.82, 2.24) is 4.98 Å². The van der Waals surface area contributed by atoms with E-state index in [-0.39, 0.29) is 16.7 Å². The fourth-order valence-electron chi connectivity index (χ4n) is 3.81. The third-order valence-corrected chi connectivity index (χ3v) is 6.03. The smallest absolute Gasteiger partial charge is 0.307 e. The predicted molar refractivity (Wildman–Crippen MR) is 103 cm³/mol. The lowest BCUT2D eigenvalue weighted by molar-refractivity contribution is 0.0936. The summed E-state index contributed by atoms with van der Waals surface area (Å²) in [4.78, 5) is 14.1. The molecule has 26 heavy (non-hydrogen) atoms. The normalized spacial score (nSPS) is 19.3. The number of rotatable bonds is 4. The number of aliphatic hydroxyl groups is 1. The van der Waals surface area contributed by atoms with Gasteiger partial charge in [0.25, 0.3) is 0 Å². The molecule has 0 spiro atoms. The fourth-order valence-corrected chi connectivity index (χ4v) is 4.57. The number of fused-ring (bicyclic) bond motifs is 1. The van der Waals surface area contributed by atoms with E-state index in [9.17, 15) is 15.0 Å². The van der Waals surface area contributed by atoms with Crippen LogP contribution in [-0.4, -0.2) is 15.2 Å². The first-order valence-corrected chi connectivity index (χ1v) is 9.66. The maximum atomic E-state index is 11.3. The van der Waals surface area contributed by atoms with E-state index < -0.39 is 6.10 Å². The Hall–Kier alpha value is -2.37. The zero-order chi connectivity index (χ0) is 18.1. The standard InChI is InChI=1S/C21H21NO3S/c23-19-16(10-13-4-2-1-3-5-13)8-7-15-11-14(6-9-17(15)19)12-18-20(24)22-21(25)26-18/h1-6,9,11,16,19,23-24H,7-8,10,12H2,(H,22,25). The summed E-state index contributed by atoms with van der Waals surface area (Å²) >= 11 is 1.04. The van der Waals surface area contributed by atoms with Gasteiger partial charge >= 0.3 is 4.87 Å². The summed E-state index contributed by atoms with van der Waals surface area (Å²) < 4.78 is 0. The number of aromatic hydroxyl groups is 1. The Morgan fingerprint density at radius 2 is 1.92 bits per heavy atom. The largest absolute Gasteiger partial charge is 0.494 e. The van der Waals surface area contributed by atoms with E-state index in [0.29, 0.717) is 11.3 Å². The topological polar surface area (TPSA) is 73.3 Å². The Morgan fingerprint density at radius 3 is 2.65 bits per heavy atom. The van der Waals surface area contributed by atoms with E-state index in [1.165, 1.54) is 11.1 Å². The van der Waals surface area contributed by atoms with Crippen molar-refractivity contribution in [3.8, 4) is 5.88 Å². The molecule has 0 radical (unpaired) electrons. The van der Waals surface area contributed by atoms with Gasteiger partial charge in [-0.2, -0.15) is 0 Å². The summed E-state index contributed by atoms with van der Waals surface area (Å²) in [5, 5.41) is 20.6. The molecule has 4 rings (SSSR count). The minimum Gasteiger partial charge on any atom is -0.494 e. The predicted octanol–water partition coefficient (Wildman–Crippen LogP) is 3.57. The number of benzene rings is 2. The molecular weight excluding hydrogens is 346 g/mol. The van der Waals surface area contributed by atoms with Crippen molar-refractivity contribution >= 4 is 11.3 Å². The van der Waals surface area contributed by atoms with Gasteiger partial charge in [0.15, 0.2) is 0 Å². The van der Waals surface area contributed by atoms with Crippen molar-refractivity contribution in [2.45, 2.75) is 31.8 Å². The molecule has 2 atom stereocenters. The third kappa shape index (κ3) is 3.45. The van der Waals surface area contributed by atoms with Crippen LogP contribution in [0.3, 0.4) is 0 Å². The number of thiazole rings is 1. The number of H-pyrrole nitrogens is 1. The first-order valence-electron chi connectivity index (χ1n) is 8.85. The second-order valence-corrected chi connectivity index (χ2v) is 8.00. The zero-order valence-corrected chi connectivity index (χ0v) is 15.1. The molecule has 134 valence electrons. The lowest BCUT2D eigenvalue weighted by Crippen LogP contribution is -2.22. The first kappa shape index (κ1) is 17.1. The van der Waals surface area contributed by atoms with Crippen molar-refractivity contribution in [2.24, 2.45) is 5.92 Å². The van der Waals surface area contributed by atoms with E-state index in [2.05, 4.69) is 23.2 Å². The Morgan fingerprint density at radius 1 is 1.12 bits per heavy atom. The van der Waals surface area contributed by atoms with Gasteiger partial charge in [0.05, 0.1) is 11.0 Å². The van der Waals surface area contributed by atoms with E-state index >= 15 is 0 Å². The molecule has 1 aliphatic carbocycles. The van der Waals surface area contributed by atoms with Crippen LogP contribution in [0.2, 0.25) is 0 Å². The molecule has 1 aliphatic rings. The van der Waals surface area contributed by atoms with Gasteiger partial charge < -0.3 is 10.2 Å². The Bertz CT molecular complexity index is 961. The van der Waals surface area contributed by atoms with Crippen molar-refractivity contribution in [3.63, 3.8) is 0 Å². The Balaban J connectivity index is 1.53. The van der Waals surface area contributed by atoms with E-state index in [0.717, 1.165) is 41.7 Å². The fraction of sp³-hybridized carbons (Fsp3) is 0.286. The molecule has 4 nitrogen and oxygen atoms in total. The summed E-state index contributed by atoms with van der Waals surface area (Å²) in [5.41, 5.74) is 4.48. The summed E-state index contributed by atoms with van der Waals surface area (Å²) in [6.07, 6.45) is 2.84. The van der Waals surface area contributed by atoms with Crippen LogP contribution < -0.4 is 4.87 Å². The lowest BCUT2D eigenvalue weighted by Gasteiger charge is -2.30. The van der Waals surface area contributed by atoms with Gasteiger partial charge in [-0.1, -0.05) is 59.9 Å². The van der Waals surface area contributed by atoms with Crippen molar-refractivity contribution in [2.75, 3.05) is 0 Å². The molecule has 0 saturated heterocycles. The van der Waals surface area contributed by atoms with Crippen LogP contribution in [-0.2, 0) is 19.3 Å². The molecule has 3 N–H and O–H groups in total. The van der Waals surface area contributed by atoms with Gasteiger partial charge in [0.1, 0.15) is 0 Å². The summed E-state index contributed by atoms with van der Waals surface area (Å²) in [6.45, 7) is 0. The molecule has 0 bridgehead atoms. The van der Waals surface area contributed by atoms with Crippen LogP contribution in [0.4, 0.5) is 0 Å². The lowest BCUT2D eigenvalue weighted by atomic mass is 9.78. The van der Waals surface area contributed by atoms with Crippen LogP contribution in [0.25, 0.3) is 0 Å². The number of aromatic amines is 1. The molecule has 2 aromatic carbocycles. The number of aliphatic hydroxyl groups excluding tert-OH is 1. The molecule has 5 heteroatoms. The Kier molecular flexibility index (Phi) is 4.66. The number of aryl methyl sites for hydroxylation is 1. The van der Waals surface area contributed by atoms with Crippen molar-refractivity contribution in [1.29, 1.82) is 0 Å². The van der Waals surface area contributed by atoms with Gasteiger partial charge in [-0.3, -0.25) is 9.78 Å². The van der Waals surface area contributed by atoms with E-state index in [1.807, 2.05) is 30.3 Å². The van der Waals surface area contributed by atoms with Crippen molar-refractivity contribution in [3.05, 3.63) is 85.3 Å².